The molecule has 0 atom stereocenters. The summed E-state index contributed by atoms with van der Waals surface area (Å²) in [5.74, 6) is 1.65. The largest absolute Gasteiger partial charge is 0.496 e. The van der Waals surface area contributed by atoms with Crippen LogP contribution in [0, 0.1) is 6.92 Å². The molecule has 5 heteroatoms. The van der Waals surface area contributed by atoms with Crippen LogP contribution in [0.15, 0.2) is 22.8 Å². The zero-order chi connectivity index (χ0) is 14.0. The van der Waals surface area contributed by atoms with Gasteiger partial charge in [0.1, 0.15) is 16.2 Å². The summed E-state index contributed by atoms with van der Waals surface area (Å²) in [7, 11) is 3.60. The zero-order valence-electron chi connectivity index (χ0n) is 11.3. The highest BCUT2D eigenvalue weighted by Gasteiger charge is 2.17. The number of hydrogen-bond acceptors (Lipinski definition) is 3. The predicted molar refractivity (Wildman–Crippen MR) is 78.4 cm³/mol. The number of methoxy groups -OCH3 is 1. The molecule has 0 aliphatic heterocycles. The topological polar surface area (TPSA) is 47.3 Å². The average molecular weight is 325 g/mol. The molecule has 2 aromatic rings. The second-order valence-electron chi connectivity index (χ2n) is 4.40. The molecule has 0 saturated carbocycles. The van der Waals surface area contributed by atoms with E-state index >= 15 is 0 Å². The van der Waals surface area contributed by atoms with Crippen molar-refractivity contribution >= 4 is 15.9 Å². The fourth-order valence-corrected chi connectivity index (χ4v) is 2.82. The first-order valence-electron chi connectivity index (χ1n) is 6.05. The van der Waals surface area contributed by atoms with Gasteiger partial charge in [-0.25, -0.2) is 4.98 Å². The molecule has 0 unspecified atom stereocenters. The summed E-state index contributed by atoms with van der Waals surface area (Å²) in [6, 6.07) is 6.04. The van der Waals surface area contributed by atoms with E-state index in [9.17, 15) is 0 Å². The first kappa shape index (κ1) is 14.1. The van der Waals surface area contributed by atoms with Gasteiger partial charge in [-0.05, 0) is 35.0 Å². The van der Waals surface area contributed by atoms with Crippen LogP contribution in [0.1, 0.15) is 11.4 Å². The van der Waals surface area contributed by atoms with Crippen molar-refractivity contribution < 1.29 is 9.84 Å². The normalized spacial score (nSPS) is 10.8. The van der Waals surface area contributed by atoms with Gasteiger partial charge in [0, 0.05) is 19.0 Å². The number of ether oxygens (including phenoxy) is 1. The Morgan fingerprint density at radius 3 is 2.79 bits per heavy atom. The molecule has 1 heterocycles. The number of rotatable bonds is 4. The highest BCUT2D eigenvalue weighted by Crippen LogP contribution is 2.35. The minimum absolute atomic E-state index is 0.0850. The second kappa shape index (κ2) is 5.75. The molecular formula is C14H17BrN2O2. The summed E-state index contributed by atoms with van der Waals surface area (Å²) < 4.78 is 8.17. The van der Waals surface area contributed by atoms with Gasteiger partial charge in [-0.3, -0.25) is 0 Å². The quantitative estimate of drug-likeness (QED) is 0.940. The Kier molecular flexibility index (Phi) is 4.27. The molecule has 0 spiro atoms. The maximum atomic E-state index is 9.07. The Bertz CT molecular complexity index is 593. The molecule has 1 N–H and O–H groups in total. The van der Waals surface area contributed by atoms with Gasteiger partial charge < -0.3 is 14.4 Å². The van der Waals surface area contributed by atoms with Gasteiger partial charge in [0.25, 0.3) is 0 Å². The van der Waals surface area contributed by atoms with Crippen LogP contribution in [0.3, 0.4) is 0 Å². The van der Waals surface area contributed by atoms with Crippen molar-refractivity contribution in [3.63, 3.8) is 0 Å². The summed E-state index contributed by atoms with van der Waals surface area (Å²) in [5, 5.41) is 9.07. The Hall–Kier alpha value is -1.33. The Morgan fingerprint density at radius 2 is 2.16 bits per heavy atom. The lowest BCUT2D eigenvalue weighted by molar-refractivity contribution is 0.295. The number of aryl methyl sites for hydroxylation is 1. The van der Waals surface area contributed by atoms with E-state index in [4.69, 9.17) is 9.84 Å². The first-order valence-corrected chi connectivity index (χ1v) is 6.84. The molecule has 4 nitrogen and oxygen atoms in total. The summed E-state index contributed by atoms with van der Waals surface area (Å²) in [4.78, 5) is 4.45. The third-order valence-electron chi connectivity index (χ3n) is 3.09. The van der Waals surface area contributed by atoms with Gasteiger partial charge in [-0.1, -0.05) is 11.6 Å². The van der Waals surface area contributed by atoms with Crippen molar-refractivity contribution in [1.29, 1.82) is 0 Å². The Morgan fingerprint density at radius 1 is 1.42 bits per heavy atom. The maximum Gasteiger partial charge on any atom is 0.132 e. The molecule has 0 amide bonds. The number of aliphatic hydroxyl groups is 1. The molecule has 1 aromatic heterocycles. The van der Waals surface area contributed by atoms with Crippen molar-refractivity contribution in [2.45, 2.75) is 13.3 Å². The minimum atomic E-state index is 0.0850. The van der Waals surface area contributed by atoms with Crippen molar-refractivity contribution in [2.75, 3.05) is 13.7 Å². The minimum Gasteiger partial charge on any atom is -0.496 e. The van der Waals surface area contributed by atoms with Crippen LogP contribution in [0.5, 0.6) is 5.75 Å². The van der Waals surface area contributed by atoms with Gasteiger partial charge in [-0.15, -0.1) is 0 Å². The van der Waals surface area contributed by atoms with E-state index in [0.717, 1.165) is 33.0 Å². The van der Waals surface area contributed by atoms with E-state index < -0.39 is 0 Å². The molecule has 19 heavy (non-hydrogen) atoms. The number of aliphatic hydroxyl groups excluding tert-OH is 1. The lowest BCUT2D eigenvalue weighted by atomic mass is 10.1. The Balaban J connectivity index is 2.61. The van der Waals surface area contributed by atoms with Gasteiger partial charge in [0.05, 0.1) is 19.4 Å². The van der Waals surface area contributed by atoms with E-state index in [1.54, 1.807) is 7.11 Å². The van der Waals surface area contributed by atoms with Gasteiger partial charge in [0.2, 0.25) is 0 Å². The SMILES string of the molecule is COc1ccc(C)cc1-c1c(Br)nc(CCO)n1C. The van der Waals surface area contributed by atoms with Crippen molar-refractivity contribution in [1.82, 2.24) is 9.55 Å². The van der Waals surface area contributed by atoms with Crippen LogP contribution < -0.4 is 4.74 Å². The van der Waals surface area contributed by atoms with Crippen molar-refractivity contribution in [3.8, 4) is 17.0 Å². The number of hydrogen-bond donors (Lipinski definition) is 1. The van der Waals surface area contributed by atoms with E-state index in [-0.39, 0.29) is 6.61 Å². The monoisotopic (exact) mass is 324 g/mol. The maximum absolute atomic E-state index is 9.07. The molecule has 0 radical (unpaired) electrons. The summed E-state index contributed by atoms with van der Waals surface area (Å²) in [5.41, 5.74) is 3.12. The number of halogens is 1. The molecule has 2 rings (SSSR count). The molecule has 102 valence electrons. The molecule has 1 aromatic carbocycles. The first-order chi connectivity index (χ1) is 9.08. The fraction of sp³-hybridized carbons (Fsp3) is 0.357. The van der Waals surface area contributed by atoms with Crippen LogP contribution in [-0.2, 0) is 13.5 Å². The van der Waals surface area contributed by atoms with Crippen LogP contribution in [0.25, 0.3) is 11.3 Å². The highest BCUT2D eigenvalue weighted by atomic mass is 79.9. The molecule has 0 fully saturated rings. The molecule has 0 aliphatic carbocycles. The molecule has 0 aliphatic rings. The van der Waals surface area contributed by atoms with Crippen LogP contribution in [0.2, 0.25) is 0 Å². The van der Waals surface area contributed by atoms with Gasteiger partial charge in [-0.2, -0.15) is 0 Å². The highest BCUT2D eigenvalue weighted by molar-refractivity contribution is 9.10. The third kappa shape index (κ3) is 2.67. The fourth-order valence-electron chi connectivity index (χ4n) is 2.13. The molecular weight excluding hydrogens is 308 g/mol. The van der Waals surface area contributed by atoms with E-state index in [1.165, 1.54) is 0 Å². The van der Waals surface area contributed by atoms with Crippen LogP contribution >= 0.6 is 15.9 Å². The van der Waals surface area contributed by atoms with Crippen LogP contribution in [0.4, 0.5) is 0 Å². The molecule has 0 saturated heterocycles. The number of aromatic nitrogens is 2. The Labute approximate surface area is 121 Å². The molecule has 0 bridgehead atoms. The van der Waals surface area contributed by atoms with Gasteiger partial charge >= 0.3 is 0 Å². The van der Waals surface area contributed by atoms with E-state index in [0.29, 0.717) is 6.42 Å². The predicted octanol–water partition coefficient (Wildman–Crippen LogP) is 2.70. The van der Waals surface area contributed by atoms with Gasteiger partial charge in [0.15, 0.2) is 0 Å². The zero-order valence-corrected chi connectivity index (χ0v) is 12.9. The van der Waals surface area contributed by atoms with Crippen molar-refractivity contribution in [3.05, 3.63) is 34.2 Å². The standard InChI is InChI=1S/C14H17BrN2O2/c1-9-4-5-11(19-3)10(8-9)13-14(15)16-12(6-7-18)17(13)2/h4-5,8,18H,6-7H2,1-3H3. The summed E-state index contributed by atoms with van der Waals surface area (Å²) in [6.07, 6.45) is 0.531. The van der Waals surface area contributed by atoms with E-state index in [1.807, 2.05) is 30.7 Å². The number of imidazole rings is 1. The smallest absolute Gasteiger partial charge is 0.132 e. The lowest BCUT2D eigenvalue weighted by Gasteiger charge is -2.11. The second-order valence-corrected chi connectivity index (χ2v) is 5.15. The average Bonchev–Trinajstić information content (AvgIpc) is 2.65. The number of benzene rings is 1. The summed E-state index contributed by atoms with van der Waals surface area (Å²) >= 11 is 3.49. The number of nitrogens with zero attached hydrogens (tertiary/aromatic N) is 2. The van der Waals surface area contributed by atoms with E-state index in [2.05, 4.69) is 27.0 Å². The van der Waals surface area contributed by atoms with Crippen molar-refractivity contribution in [2.24, 2.45) is 7.05 Å². The summed E-state index contributed by atoms with van der Waals surface area (Å²) in [6.45, 7) is 2.13. The third-order valence-corrected chi connectivity index (χ3v) is 3.64. The van der Waals surface area contributed by atoms with Crippen LogP contribution in [-0.4, -0.2) is 28.4 Å². The lowest BCUT2D eigenvalue weighted by Crippen LogP contribution is -2.02.